The van der Waals surface area contributed by atoms with E-state index >= 15 is 0 Å². The second-order valence-electron chi connectivity index (χ2n) is 5.35. The topological polar surface area (TPSA) is 38.1 Å². The molecule has 1 aliphatic heterocycles. The van der Waals surface area contributed by atoms with Crippen molar-refractivity contribution in [3.05, 3.63) is 51.4 Å². The van der Waals surface area contributed by atoms with E-state index < -0.39 is 0 Å². The number of aryl methyl sites for hydroxylation is 1. The second kappa shape index (κ2) is 5.37. The molecule has 4 heterocycles. The fourth-order valence-corrected chi connectivity index (χ4v) is 4.43. The molecule has 0 unspecified atom stereocenters. The Morgan fingerprint density at radius 1 is 1.23 bits per heavy atom. The number of rotatable bonds is 2. The lowest BCUT2D eigenvalue weighted by molar-refractivity contribution is 0.0712. The van der Waals surface area contributed by atoms with Crippen molar-refractivity contribution >= 4 is 28.6 Å². The fraction of sp³-hybridized carbons (Fsp3) is 0.250. The van der Waals surface area contributed by atoms with Crippen molar-refractivity contribution in [2.75, 3.05) is 6.54 Å². The zero-order valence-corrected chi connectivity index (χ0v) is 13.8. The van der Waals surface area contributed by atoms with E-state index in [1.54, 1.807) is 11.3 Å². The third kappa shape index (κ3) is 2.19. The fourth-order valence-electron chi connectivity index (χ4n) is 2.79. The maximum absolute atomic E-state index is 12.6. The van der Waals surface area contributed by atoms with Gasteiger partial charge in [0.25, 0.3) is 5.91 Å². The number of fused-ring (bicyclic) bond motifs is 1. The minimum absolute atomic E-state index is 0.124. The number of imidazole rings is 1. The van der Waals surface area contributed by atoms with Crippen molar-refractivity contribution in [2.24, 2.45) is 0 Å². The third-order valence-corrected chi connectivity index (χ3v) is 5.88. The molecule has 0 aromatic carbocycles. The smallest absolute Gasteiger partial charge is 0.264 e. The SMILES string of the molecule is Cc1ccsc1C(=O)N1CCn2c(-c3cccs3)cnc2C1. The summed E-state index contributed by atoms with van der Waals surface area (Å²) in [5.41, 5.74) is 2.22. The Hall–Kier alpha value is -1.92. The van der Waals surface area contributed by atoms with E-state index in [0.717, 1.165) is 35.0 Å². The van der Waals surface area contributed by atoms with Crippen molar-refractivity contribution in [3.63, 3.8) is 0 Å². The van der Waals surface area contributed by atoms with Gasteiger partial charge >= 0.3 is 0 Å². The predicted molar refractivity (Wildman–Crippen MR) is 89.3 cm³/mol. The molecule has 0 bridgehead atoms. The summed E-state index contributed by atoms with van der Waals surface area (Å²) >= 11 is 3.24. The van der Waals surface area contributed by atoms with Gasteiger partial charge in [0.05, 0.1) is 28.2 Å². The van der Waals surface area contributed by atoms with E-state index in [0.29, 0.717) is 6.54 Å². The van der Waals surface area contributed by atoms with Gasteiger partial charge < -0.3 is 9.47 Å². The van der Waals surface area contributed by atoms with E-state index in [1.807, 2.05) is 29.5 Å². The average Bonchev–Trinajstić information content (AvgIpc) is 3.25. The van der Waals surface area contributed by atoms with Gasteiger partial charge in [-0.05, 0) is 35.4 Å². The lowest BCUT2D eigenvalue weighted by Crippen LogP contribution is -2.38. The van der Waals surface area contributed by atoms with Crippen LogP contribution in [0.25, 0.3) is 10.6 Å². The summed E-state index contributed by atoms with van der Waals surface area (Å²) in [6.07, 6.45) is 1.92. The number of amides is 1. The molecule has 3 aromatic heterocycles. The normalized spacial score (nSPS) is 14.1. The minimum atomic E-state index is 0.124. The molecule has 3 aromatic rings. The number of thiophene rings is 2. The molecule has 0 N–H and O–H groups in total. The number of aromatic nitrogens is 2. The predicted octanol–water partition coefficient (Wildman–Crippen LogP) is 3.64. The molecule has 1 amide bonds. The maximum atomic E-state index is 12.6. The molecule has 0 fully saturated rings. The molecule has 1 aliphatic rings. The zero-order valence-electron chi connectivity index (χ0n) is 12.2. The Kier molecular flexibility index (Phi) is 3.35. The standard InChI is InChI=1S/C16H15N3OS2/c1-11-4-8-22-15(11)16(20)18-5-6-19-12(9-17-14(19)10-18)13-3-2-7-21-13/h2-4,7-9H,5-6,10H2,1H3. The van der Waals surface area contributed by atoms with Gasteiger partial charge in [-0.2, -0.15) is 0 Å². The van der Waals surface area contributed by atoms with Crippen LogP contribution in [0.5, 0.6) is 0 Å². The number of hydrogen-bond donors (Lipinski definition) is 0. The molecular formula is C16H15N3OS2. The van der Waals surface area contributed by atoms with Gasteiger partial charge in [0.1, 0.15) is 5.82 Å². The zero-order chi connectivity index (χ0) is 15.1. The van der Waals surface area contributed by atoms with Crippen molar-refractivity contribution < 1.29 is 4.79 Å². The summed E-state index contributed by atoms with van der Waals surface area (Å²) in [7, 11) is 0. The van der Waals surface area contributed by atoms with Crippen LogP contribution in [-0.4, -0.2) is 26.9 Å². The van der Waals surface area contributed by atoms with Crippen molar-refractivity contribution in [2.45, 2.75) is 20.0 Å². The monoisotopic (exact) mass is 329 g/mol. The van der Waals surface area contributed by atoms with E-state index in [1.165, 1.54) is 16.2 Å². The Balaban J connectivity index is 1.61. The highest BCUT2D eigenvalue weighted by Crippen LogP contribution is 2.28. The minimum Gasteiger partial charge on any atom is -0.329 e. The number of carbonyl (C=O) groups excluding carboxylic acids is 1. The Labute approximate surface area is 136 Å². The molecule has 4 nitrogen and oxygen atoms in total. The van der Waals surface area contributed by atoms with Gasteiger partial charge in [0, 0.05) is 13.1 Å². The first-order valence-corrected chi connectivity index (χ1v) is 8.91. The summed E-state index contributed by atoms with van der Waals surface area (Å²) in [4.78, 5) is 21.1. The first kappa shape index (κ1) is 13.7. The van der Waals surface area contributed by atoms with Crippen LogP contribution in [-0.2, 0) is 13.1 Å². The summed E-state index contributed by atoms with van der Waals surface area (Å²) in [5, 5.41) is 4.05. The molecule has 0 saturated heterocycles. The van der Waals surface area contributed by atoms with Crippen LogP contribution in [0.2, 0.25) is 0 Å². The molecule has 0 atom stereocenters. The Morgan fingerprint density at radius 3 is 2.86 bits per heavy atom. The maximum Gasteiger partial charge on any atom is 0.264 e. The van der Waals surface area contributed by atoms with Crippen LogP contribution in [0, 0.1) is 6.92 Å². The van der Waals surface area contributed by atoms with Crippen LogP contribution >= 0.6 is 22.7 Å². The highest BCUT2D eigenvalue weighted by molar-refractivity contribution is 7.13. The number of hydrogen-bond acceptors (Lipinski definition) is 4. The lowest BCUT2D eigenvalue weighted by atomic mass is 10.2. The van der Waals surface area contributed by atoms with E-state index in [-0.39, 0.29) is 5.91 Å². The van der Waals surface area contributed by atoms with Crippen molar-refractivity contribution in [3.8, 4) is 10.6 Å². The first-order chi connectivity index (χ1) is 10.7. The third-order valence-electron chi connectivity index (χ3n) is 3.98. The van der Waals surface area contributed by atoms with Crippen LogP contribution in [0.1, 0.15) is 21.1 Å². The van der Waals surface area contributed by atoms with E-state index in [4.69, 9.17) is 0 Å². The van der Waals surface area contributed by atoms with E-state index in [9.17, 15) is 4.79 Å². The summed E-state index contributed by atoms with van der Waals surface area (Å²) in [5.74, 6) is 1.09. The van der Waals surface area contributed by atoms with Crippen molar-refractivity contribution in [1.29, 1.82) is 0 Å². The van der Waals surface area contributed by atoms with E-state index in [2.05, 4.69) is 27.1 Å². The molecule has 0 radical (unpaired) electrons. The van der Waals surface area contributed by atoms with Crippen molar-refractivity contribution in [1.82, 2.24) is 14.5 Å². The number of carbonyl (C=O) groups is 1. The largest absolute Gasteiger partial charge is 0.329 e. The van der Waals surface area contributed by atoms with Crippen LogP contribution in [0.15, 0.2) is 35.2 Å². The Morgan fingerprint density at radius 2 is 2.14 bits per heavy atom. The molecular weight excluding hydrogens is 314 g/mol. The van der Waals surface area contributed by atoms with Gasteiger partial charge in [0.15, 0.2) is 0 Å². The average molecular weight is 329 g/mol. The van der Waals surface area contributed by atoms with Gasteiger partial charge in [-0.25, -0.2) is 4.98 Å². The first-order valence-electron chi connectivity index (χ1n) is 7.15. The summed E-state index contributed by atoms with van der Waals surface area (Å²) in [6, 6.07) is 6.16. The summed E-state index contributed by atoms with van der Waals surface area (Å²) in [6.45, 7) is 4.11. The quantitative estimate of drug-likeness (QED) is 0.720. The molecule has 0 spiro atoms. The van der Waals surface area contributed by atoms with Crippen LogP contribution in [0.4, 0.5) is 0 Å². The van der Waals surface area contributed by atoms with Gasteiger partial charge in [-0.3, -0.25) is 4.79 Å². The lowest BCUT2D eigenvalue weighted by Gasteiger charge is -2.28. The van der Waals surface area contributed by atoms with Crippen LogP contribution in [0.3, 0.4) is 0 Å². The number of nitrogens with zero attached hydrogens (tertiary/aromatic N) is 3. The summed E-state index contributed by atoms with van der Waals surface area (Å²) < 4.78 is 2.23. The highest BCUT2D eigenvalue weighted by Gasteiger charge is 2.26. The molecule has 4 rings (SSSR count). The highest BCUT2D eigenvalue weighted by atomic mass is 32.1. The van der Waals surface area contributed by atoms with Gasteiger partial charge in [-0.1, -0.05) is 6.07 Å². The Bertz CT molecular complexity index is 816. The molecule has 112 valence electrons. The molecule has 6 heteroatoms. The van der Waals surface area contributed by atoms with Gasteiger partial charge in [-0.15, -0.1) is 22.7 Å². The molecule has 0 aliphatic carbocycles. The molecule has 22 heavy (non-hydrogen) atoms. The second-order valence-corrected chi connectivity index (χ2v) is 7.21. The molecule has 0 saturated carbocycles. The van der Waals surface area contributed by atoms with Gasteiger partial charge in [0.2, 0.25) is 0 Å². The van der Waals surface area contributed by atoms with Crippen LogP contribution < -0.4 is 0 Å².